The number of carbonyl (C=O) groups is 2. The number of hydrogen-bond acceptors (Lipinski definition) is 17. The lowest BCUT2D eigenvalue weighted by molar-refractivity contribution is -0.241. The number of benzene rings is 1. The third-order valence-corrected chi connectivity index (χ3v) is 14.6. The highest BCUT2D eigenvalue weighted by Crippen LogP contribution is 2.36. The first kappa shape index (κ1) is 66.2. The number of nitrogens with one attached hydrogen (secondary N) is 1. The van der Waals surface area contributed by atoms with Crippen molar-refractivity contribution in [2.24, 2.45) is 23.7 Å². The second kappa shape index (κ2) is 31.3. The first-order valence-electron chi connectivity index (χ1n) is 26.1. The highest BCUT2D eigenvalue weighted by molar-refractivity contribution is 5.76. The molecule has 0 aliphatic carbocycles. The van der Waals surface area contributed by atoms with Crippen LogP contribution in [0.15, 0.2) is 36.7 Å². The first-order valence-corrected chi connectivity index (χ1v) is 26.1. The number of aromatic nitrogens is 2. The van der Waals surface area contributed by atoms with Crippen molar-refractivity contribution in [2.75, 3.05) is 46.7 Å². The molecule has 0 radical (unpaired) electrons. The third kappa shape index (κ3) is 20.2. The lowest BCUT2D eigenvalue weighted by Crippen LogP contribution is -2.59. The molecule has 18 nitrogen and oxygen atoms in total. The van der Waals surface area contributed by atoms with Gasteiger partial charge in [-0.15, -0.1) is 12.8 Å². The van der Waals surface area contributed by atoms with Gasteiger partial charge in [-0.1, -0.05) is 52.0 Å². The van der Waals surface area contributed by atoms with E-state index in [4.69, 9.17) is 29.8 Å². The van der Waals surface area contributed by atoms with Gasteiger partial charge in [-0.2, -0.15) is 0 Å². The number of aliphatic hydroxyl groups excluding tert-OH is 4. The number of terminal acetylenes is 1. The molecule has 17 atom stereocenters. The number of likely N-dealkylation sites (N-methyl/N-ethyl adjacent to an activating group) is 1. The van der Waals surface area contributed by atoms with Crippen molar-refractivity contribution in [3.8, 4) is 24.0 Å². The number of anilines is 1. The molecule has 9 N–H and O–H groups in total. The number of halogens is 1. The van der Waals surface area contributed by atoms with Crippen LogP contribution in [0.5, 0.6) is 0 Å². The maximum Gasteiger partial charge on any atom is 0.311 e. The van der Waals surface area contributed by atoms with Crippen LogP contribution in [-0.4, -0.2) is 176 Å². The number of hydrogen-bond donors (Lipinski definition) is 8. The Bertz CT molecular complexity index is 1930. The molecule has 19 heteroatoms. The van der Waals surface area contributed by atoms with Gasteiger partial charge in [0.2, 0.25) is 11.9 Å². The van der Waals surface area contributed by atoms with Crippen LogP contribution in [0.4, 0.5) is 10.3 Å². The number of nitrogens with zero attached hydrogens (tertiary/aromatic N) is 4. The third-order valence-electron chi connectivity index (χ3n) is 14.6. The predicted molar refractivity (Wildman–Crippen MR) is 283 cm³/mol. The summed E-state index contributed by atoms with van der Waals surface area (Å²) < 4.78 is 37.5. The molecule has 2 aromatic rings. The Kier molecular flexibility index (Phi) is 28.0. The van der Waals surface area contributed by atoms with Crippen molar-refractivity contribution in [3.63, 3.8) is 0 Å². The molecule has 0 saturated carbocycles. The van der Waals surface area contributed by atoms with Crippen molar-refractivity contribution in [3.05, 3.63) is 42.2 Å². The average molecular weight is 1050 g/mol. The number of amides is 1. The molecule has 1 unspecified atom stereocenters. The molecule has 1 aromatic carbocycles. The fourth-order valence-corrected chi connectivity index (χ4v) is 10.6. The van der Waals surface area contributed by atoms with Crippen molar-refractivity contribution >= 4 is 17.8 Å². The van der Waals surface area contributed by atoms with E-state index in [9.17, 15) is 39.5 Å². The molecule has 0 bridgehead atoms. The zero-order valence-electron chi connectivity index (χ0n) is 46.4. The standard InChI is InChI=1S/C29H55NO7.C23H32FN5O4.C2H2.CH4O/c1-11-23-29(9,34)26(31)22(7)30(10)16-18(3)14-28(8,33)15-19(4)25(21(6)27(32)36-23)37-24-13-17(2)12-20(5)35-24;1-14-9-18(10-21(31)33-14)29(2)8-7-20(30)28-19(11-24)22(32)16-5-3-15(4-6-16)17-12-26-23(25)27-13-17;2*1-2/h17-26,31,33-34H,11-16H2,1-10H3;3-6,12-14,18-19,21-22,31-32H,7-11H2,1-2H3,(H,28,30)(H2,25,26,27);1-2H;2H,1H3/t17-,18-,19-,20+,21-,22-,23-,24+,25+,26-,28-,29-;14-,18?,19-,21-,22-;;/m11../s1. The maximum absolute atomic E-state index is 13.7. The van der Waals surface area contributed by atoms with Crippen LogP contribution in [0.3, 0.4) is 0 Å². The fraction of sp³-hybridized carbons (Fsp3) is 0.745. The van der Waals surface area contributed by atoms with Crippen molar-refractivity contribution in [2.45, 2.75) is 199 Å². The highest BCUT2D eigenvalue weighted by Gasteiger charge is 2.46. The fourth-order valence-electron chi connectivity index (χ4n) is 10.6. The number of nitrogen functional groups attached to an aromatic ring is 1. The average Bonchev–Trinajstić information content (AvgIpc) is 3.35. The molecule has 422 valence electrons. The van der Waals surface area contributed by atoms with Crippen LogP contribution in [0.25, 0.3) is 11.1 Å². The Hall–Kier alpha value is -3.91. The summed E-state index contributed by atoms with van der Waals surface area (Å²) >= 11 is 0. The number of esters is 1. The molecule has 1 amide bonds. The van der Waals surface area contributed by atoms with Gasteiger partial charge >= 0.3 is 5.97 Å². The molecule has 3 saturated heterocycles. The number of carbonyl (C=O) groups excluding carboxylic acids is 2. The first-order chi connectivity index (χ1) is 34.7. The van der Waals surface area contributed by atoms with Gasteiger partial charge in [0.05, 0.1) is 35.9 Å². The Balaban J connectivity index is 0.000000477. The molecule has 0 spiro atoms. The SMILES string of the molecule is C#C.CC[C@H]1OC(=O)[C@H](C)[C@@H](O[C@H]2C[C@H](C)C[C@H](C)O2)[C@H](C)C[C@](C)(O)C[C@@H](C)CN(C)[C@H](C)[C@@H](O)[C@]1(C)O.CO.C[C@@H]1CC(N(C)CCC(=O)N[C@H](CF)[C@H](O)c2ccc(-c3cnc(N)nc3)cc2)C[C@H](O)O1. The van der Waals surface area contributed by atoms with E-state index in [0.29, 0.717) is 50.3 Å². The summed E-state index contributed by atoms with van der Waals surface area (Å²) in [6, 6.07) is 5.54. The van der Waals surface area contributed by atoms with Crippen LogP contribution < -0.4 is 11.1 Å². The van der Waals surface area contributed by atoms with Crippen LogP contribution in [0, 0.1) is 36.5 Å². The van der Waals surface area contributed by atoms with Crippen LogP contribution in [0.2, 0.25) is 0 Å². The lowest BCUT2D eigenvalue weighted by atomic mass is 9.80. The molecule has 5 rings (SSSR count). The van der Waals surface area contributed by atoms with Gasteiger partial charge in [0, 0.05) is 69.5 Å². The Morgan fingerprint density at radius 1 is 0.946 bits per heavy atom. The number of ether oxygens (including phenoxy) is 4. The molecule has 3 aliphatic rings. The second-order valence-corrected chi connectivity index (χ2v) is 21.5. The van der Waals surface area contributed by atoms with Crippen molar-refractivity contribution in [1.29, 1.82) is 0 Å². The number of nitrogens with two attached hydrogens (primary N) is 1. The lowest BCUT2D eigenvalue weighted by Gasteiger charge is -2.42. The summed E-state index contributed by atoms with van der Waals surface area (Å²) in [5, 5.41) is 64.0. The molecule has 4 heterocycles. The second-order valence-electron chi connectivity index (χ2n) is 21.5. The monoisotopic (exact) mass is 1050 g/mol. The predicted octanol–water partition coefficient (Wildman–Crippen LogP) is 5.02. The smallest absolute Gasteiger partial charge is 0.311 e. The van der Waals surface area contributed by atoms with Crippen molar-refractivity contribution in [1.82, 2.24) is 25.1 Å². The quantitative estimate of drug-likeness (QED) is 0.103. The normalized spacial score (nSPS) is 34.3. The minimum absolute atomic E-state index is 0.0555. The summed E-state index contributed by atoms with van der Waals surface area (Å²) in [5.41, 5.74) is 4.95. The summed E-state index contributed by atoms with van der Waals surface area (Å²) in [6.45, 7) is 19.2. The molecule has 3 fully saturated rings. The van der Waals surface area contributed by atoms with Gasteiger partial charge in [-0.25, -0.2) is 14.4 Å². The van der Waals surface area contributed by atoms with Gasteiger partial charge in [0.15, 0.2) is 12.6 Å². The van der Waals surface area contributed by atoms with Gasteiger partial charge < -0.3 is 70.4 Å². The molecule has 74 heavy (non-hydrogen) atoms. The summed E-state index contributed by atoms with van der Waals surface area (Å²) in [5.74, 6) is -0.898. The zero-order valence-corrected chi connectivity index (χ0v) is 46.4. The van der Waals surface area contributed by atoms with Gasteiger partial charge in [0.1, 0.15) is 30.6 Å². The van der Waals surface area contributed by atoms with E-state index in [-0.39, 0.29) is 54.4 Å². The largest absolute Gasteiger partial charge is 0.459 e. The van der Waals surface area contributed by atoms with Gasteiger partial charge in [-0.05, 0) is 117 Å². The molecule has 1 aromatic heterocycles. The van der Waals surface area contributed by atoms with E-state index in [1.165, 1.54) is 6.92 Å². The Morgan fingerprint density at radius 2 is 1.54 bits per heavy atom. The van der Waals surface area contributed by atoms with E-state index in [1.807, 2.05) is 65.4 Å². The summed E-state index contributed by atoms with van der Waals surface area (Å²) in [4.78, 5) is 37.8. The maximum atomic E-state index is 13.7. The van der Waals surface area contributed by atoms with Crippen LogP contribution in [0.1, 0.15) is 132 Å². The van der Waals surface area contributed by atoms with E-state index >= 15 is 0 Å². The van der Waals surface area contributed by atoms with Crippen LogP contribution >= 0.6 is 0 Å². The molecular formula is C55H93FN6O12. The number of alkyl halides is 1. The molecular weight excluding hydrogens is 956 g/mol. The molecule has 3 aliphatic heterocycles. The zero-order chi connectivity index (χ0) is 56.2. The minimum atomic E-state index is -1.65. The number of cyclic esters (lactones) is 1. The van der Waals surface area contributed by atoms with E-state index in [0.717, 1.165) is 37.5 Å². The summed E-state index contributed by atoms with van der Waals surface area (Å²) in [6.07, 6.45) is 10.6. The minimum Gasteiger partial charge on any atom is -0.459 e. The van der Waals surface area contributed by atoms with E-state index < -0.39 is 72.8 Å². The van der Waals surface area contributed by atoms with Crippen LogP contribution in [-0.2, 0) is 28.5 Å². The Labute approximate surface area is 440 Å². The van der Waals surface area contributed by atoms with E-state index in [2.05, 4.69) is 42.0 Å². The Morgan fingerprint density at radius 3 is 2.09 bits per heavy atom. The van der Waals surface area contributed by atoms with Gasteiger partial charge in [0.25, 0.3) is 0 Å². The van der Waals surface area contributed by atoms with Crippen molar-refractivity contribution < 1.29 is 63.6 Å². The van der Waals surface area contributed by atoms with E-state index in [1.54, 1.807) is 43.6 Å². The summed E-state index contributed by atoms with van der Waals surface area (Å²) in [7, 11) is 4.79. The topological polar surface area (TPSA) is 263 Å². The number of rotatable bonds is 12. The highest BCUT2D eigenvalue weighted by atomic mass is 19.1. The van der Waals surface area contributed by atoms with Gasteiger partial charge in [-0.3, -0.25) is 9.59 Å². The number of aliphatic hydroxyl groups is 6.